The molecule has 152 valence electrons. The van der Waals surface area contributed by atoms with Crippen LogP contribution < -0.4 is 0 Å². The minimum Gasteiger partial charge on any atom is -0.481 e. The van der Waals surface area contributed by atoms with E-state index >= 15 is 0 Å². The number of thiol groups is 3. The van der Waals surface area contributed by atoms with Crippen LogP contribution in [0.25, 0.3) is 0 Å². The Hall–Kier alpha value is -0.540. The van der Waals surface area contributed by atoms with Gasteiger partial charge >= 0.3 is 17.9 Å². The molecule has 0 radical (unpaired) electrons. The summed E-state index contributed by atoms with van der Waals surface area (Å²) in [5.41, 5.74) is -0.913. The molecule has 0 fully saturated rings. The minimum absolute atomic E-state index is 0.132. The van der Waals surface area contributed by atoms with Crippen LogP contribution in [0.1, 0.15) is 59.3 Å². The quantitative estimate of drug-likeness (QED) is 0.266. The fraction of sp³-hybridized carbons (Fsp3) is 0.824. The second-order valence-corrected chi connectivity index (χ2v) is 10.1. The molecule has 0 aliphatic rings. The van der Waals surface area contributed by atoms with E-state index in [0.717, 1.165) is 0 Å². The third-order valence-electron chi connectivity index (χ3n) is 4.70. The van der Waals surface area contributed by atoms with Crippen molar-refractivity contribution in [2.75, 3.05) is 0 Å². The third-order valence-corrected chi connectivity index (χ3v) is 5.80. The van der Waals surface area contributed by atoms with Gasteiger partial charge in [0.1, 0.15) is 0 Å². The zero-order valence-corrected chi connectivity index (χ0v) is 18.1. The molecule has 9 heteroatoms. The van der Waals surface area contributed by atoms with Crippen molar-refractivity contribution >= 4 is 55.8 Å². The van der Waals surface area contributed by atoms with Gasteiger partial charge in [0.15, 0.2) is 0 Å². The third kappa shape index (κ3) is 9.41. The summed E-state index contributed by atoms with van der Waals surface area (Å²) in [6, 6.07) is 0. The van der Waals surface area contributed by atoms with Gasteiger partial charge in [-0.2, -0.15) is 37.9 Å². The van der Waals surface area contributed by atoms with Gasteiger partial charge < -0.3 is 15.3 Å². The molecule has 0 aliphatic heterocycles. The van der Waals surface area contributed by atoms with E-state index in [0.29, 0.717) is 19.3 Å². The van der Waals surface area contributed by atoms with Gasteiger partial charge in [-0.05, 0) is 30.1 Å². The van der Waals surface area contributed by atoms with Crippen LogP contribution in [0.4, 0.5) is 0 Å². The highest BCUT2D eigenvalue weighted by Gasteiger charge is 2.45. The first-order valence-electron chi connectivity index (χ1n) is 8.38. The van der Waals surface area contributed by atoms with Crippen molar-refractivity contribution in [2.45, 2.75) is 75.0 Å². The van der Waals surface area contributed by atoms with E-state index in [2.05, 4.69) is 37.9 Å². The van der Waals surface area contributed by atoms with Crippen molar-refractivity contribution in [3.63, 3.8) is 0 Å². The number of hydrogen-bond donors (Lipinski definition) is 6. The predicted molar refractivity (Wildman–Crippen MR) is 111 cm³/mol. The van der Waals surface area contributed by atoms with Gasteiger partial charge in [0.25, 0.3) is 0 Å². The Kier molecular flexibility index (Phi) is 10.5. The molecule has 3 unspecified atom stereocenters. The highest BCUT2D eigenvalue weighted by Crippen LogP contribution is 2.52. The molecule has 0 bridgehead atoms. The molecule has 0 aromatic rings. The van der Waals surface area contributed by atoms with E-state index in [9.17, 15) is 14.4 Å². The molecule has 0 amide bonds. The highest BCUT2D eigenvalue weighted by molar-refractivity contribution is 7.81. The maximum absolute atomic E-state index is 11.0. The van der Waals surface area contributed by atoms with E-state index in [1.807, 2.05) is 20.8 Å². The molecule has 6 nitrogen and oxygen atoms in total. The molecule has 0 spiro atoms. The molecule has 0 aromatic heterocycles. The summed E-state index contributed by atoms with van der Waals surface area (Å²) in [6.07, 6.45) is 0.811. The lowest BCUT2D eigenvalue weighted by molar-refractivity contribution is -0.137. The van der Waals surface area contributed by atoms with Crippen LogP contribution in [0.3, 0.4) is 0 Å². The van der Waals surface area contributed by atoms with Crippen LogP contribution in [0.15, 0.2) is 0 Å². The molecule has 0 aliphatic carbocycles. The molecule has 0 saturated heterocycles. The van der Waals surface area contributed by atoms with Crippen LogP contribution in [0, 0.1) is 10.8 Å². The minimum atomic E-state index is -0.964. The zero-order valence-electron chi connectivity index (χ0n) is 15.4. The number of rotatable bonds is 12. The topological polar surface area (TPSA) is 112 Å². The largest absolute Gasteiger partial charge is 0.481 e. The highest BCUT2D eigenvalue weighted by atomic mass is 32.1. The Labute approximate surface area is 171 Å². The molecule has 0 rings (SSSR count). The first-order chi connectivity index (χ1) is 11.7. The van der Waals surface area contributed by atoms with E-state index in [4.69, 9.17) is 15.3 Å². The Morgan fingerprint density at radius 3 is 1.08 bits per heavy atom. The molecule has 0 aromatic carbocycles. The summed E-state index contributed by atoms with van der Waals surface area (Å²) in [6.45, 7) is 5.95. The van der Waals surface area contributed by atoms with E-state index in [-0.39, 0.29) is 24.7 Å². The standard InChI is InChI=1S/C17H30O6S3/c1-16(2,3)17(7-10(24)4-13(18)19,8-11(25)5-14(20)21)9-12(26)6-15(22)23/h10-12,24-26H,4-9H2,1-3H3,(H,18,19)(H,20,21)(H,22,23). The van der Waals surface area contributed by atoms with Crippen LogP contribution in [-0.4, -0.2) is 49.0 Å². The smallest absolute Gasteiger partial charge is 0.304 e. The maximum atomic E-state index is 11.0. The fourth-order valence-corrected chi connectivity index (χ4v) is 4.86. The van der Waals surface area contributed by atoms with E-state index in [1.165, 1.54) is 0 Å². The number of carboxylic acid groups (broad SMARTS) is 3. The van der Waals surface area contributed by atoms with Gasteiger partial charge in [0.2, 0.25) is 0 Å². The van der Waals surface area contributed by atoms with Gasteiger partial charge in [-0.15, -0.1) is 0 Å². The van der Waals surface area contributed by atoms with Crippen LogP contribution >= 0.6 is 37.9 Å². The van der Waals surface area contributed by atoms with Crippen molar-refractivity contribution in [3.8, 4) is 0 Å². The normalized spacial score (nSPS) is 17.8. The molecular formula is C17H30O6S3. The summed E-state index contributed by atoms with van der Waals surface area (Å²) < 4.78 is 0. The SMILES string of the molecule is CC(C)(C)C(CC(S)CC(=O)O)(CC(S)CC(=O)O)CC(S)CC(=O)O. The maximum Gasteiger partial charge on any atom is 0.304 e. The average molecular weight is 427 g/mol. The molecule has 0 saturated carbocycles. The van der Waals surface area contributed by atoms with Crippen LogP contribution in [0.2, 0.25) is 0 Å². The Morgan fingerprint density at radius 2 is 0.923 bits per heavy atom. The van der Waals surface area contributed by atoms with Crippen molar-refractivity contribution in [1.82, 2.24) is 0 Å². The summed E-state index contributed by atoms with van der Waals surface area (Å²) in [4.78, 5) is 33.1. The Morgan fingerprint density at radius 1 is 0.692 bits per heavy atom. The molecule has 26 heavy (non-hydrogen) atoms. The summed E-state index contributed by atoms with van der Waals surface area (Å²) in [7, 11) is 0. The lowest BCUT2D eigenvalue weighted by Crippen LogP contribution is -2.42. The molecule has 0 heterocycles. The number of carbonyl (C=O) groups is 3. The van der Waals surface area contributed by atoms with E-state index in [1.54, 1.807) is 0 Å². The second-order valence-electron chi connectivity index (χ2n) is 7.90. The zero-order chi connectivity index (χ0) is 20.7. The molecule has 3 atom stereocenters. The van der Waals surface area contributed by atoms with Gasteiger partial charge in [0.05, 0.1) is 19.3 Å². The van der Waals surface area contributed by atoms with Crippen molar-refractivity contribution in [2.24, 2.45) is 10.8 Å². The first kappa shape index (κ1) is 25.5. The van der Waals surface area contributed by atoms with Gasteiger partial charge in [-0.1, -0.05) is 20.8 Å². The van der Waals surface area contributed by atoms with Crippen molar-refractivity contribution < 1.29 is 29.7 Å². The fourth-order valence-electron chi connectivity index (χ4n) is 3.34. The summed E-state index contributed by atoms with van der Waals surface area (Å²) in [5.74, 6) is -2.89. The van der Waals surface area contributed by atoms with Gasteiger partial charge in [-0.3, -0.25) is 14.4 Å². The average Bonchev–Trinajstić information content (AvgIpc) is 2.32. The number of carboxylic acids is 3. The lowest BCUT2D eigenvalue weighted by Gasteiger charge is -2.49. The Bertz CT molecular complexity index is 443. The van der Waals surface area contributed by atoms with Crippen LogP contribution in [0.5, 0.6) is 0 Å². The Balaban J connectivity index is 5.72. The monoisotopic (exact) mass is 426 g/mol. The van der Waals surface area contributed by atoms with Gasteiger partial charge in [-0.25, -0.2) is 0 Å². The number of aliphatic carboxylic acids is 3. The van der Waals surface area contributed by atoms with Crippen LogP contribution in [-0.2, 0) is 14.4 Å². The summed E-state index contributed by atoms with van der Waals surface area (Å²) in [5, 5.41) is 25.8. The van der Waals surface area contributed by atoms with Crippen molar-refractivity contribution in [3.05, 3.63) is 0 Å². The second kappa shape index (κ2) is 10.7. The lowest BCUT2D eigenvalue weighted by atomic mass is 9.59. The number of hydrogen-bond acceptors (Lipinski definition) is 6. The first-order valence-corrected chi connectivity index (χ1v) is 9.93. The molecule has 3 N–H and O–H groups in total. The predicted octanol–water partition coefficient (Wildman–Crippen LogP) is 3.51. The van der Waals surface area contributed by atoms with Gasteiger partial charge in [0, 0.05) is 15.7 Å². The molecular weight excluding hydrogens is 396 g/mol. The van der Waals surface area contributed by atoms with E-state index < -0.39 is 39.1 Å². The van der Waals surface area contributed by atoms with Crippen molar-refractivity contribution in [1.29, 1.82) is 0 Å². The summed E-state index contributed by atoms with van der Waals surface area (Å²) >= 11 is 13.2.